The van der Waals surface area contributed by atoms with E-state index in [1.807, 2.05) is 24.3 Å². The molecule has 1 N–H and O–H groups in total. The predicted octanol–water partition coefficient (Wildman–Crippen LogP) is 2.88. The molecule has 2 aromatic heterocycles. The minimum atomic E-state index is -0.177. The van der Waals surface area contributed by atoms with Crippen LogP contribution >= 0.6 is 11.6 Å². The van der Waals surface area contributed by atoms with E-state index in [1.54, 1.807) is 30.4 Å². The normalized spacial score (nSPS) is 10.8. The van der Waals surface area contributed by atoms with Crippen molar-refractivity contribution in [2.75, 3.05) is 7.05 Å². The first-order valence-electron chi connectivity index (χ1n) is 6.43. The smallest absolute Gasteiger partial charge is 0.272 e. The van der Waals surface area contributed by atoms with Gasteiger partial charge in [0, 0.05) is 30.7 Å². The third-order valence-electron chi connectivity index (χ3n) is 3.23. The SMILES string of the molecule is CN(Cc1cn[nH]c1)C(=O)c1cc2ccccc2c(Cl)n1. The van der Waals surface area contributed by atoms with Gasteiger partial charge in [0.05, 0.1) is 6.20 Å². The fourth-order valence-corrected chi connectivity index (χ4v) is 2.43. The molecule has 2 heterocycles. The van der Waals surface area contributed by atoms with Gasteiger partial charge in [0.1, 0.15) is 10.8 Å². The Bertz CT molecular complexity index is 785. The van der Waals surface area contributed by atoms with E-state index in [0.717, 1.165) is 16.3 Å². The number of nitrogens with zero attached hydrogens (tertiary/aromatic N) is 3. The number of amides is 1. The maximum atomic E-state index is 12.4. The van der Waals surface area contributed by atoms with Crippen LogP contribution in [0, 0.1) is 0 Å². The number of fused-ring (bicyclic) bond motifs is 1. The Hall–Kier alpha value is -2.40. The van der Waals surface area contributed by atoms with Gasteiger partial charge in [0.15, 0.2) is 0 Å². The lowest BCUT2D eigenvalue weighted by atomic mass is 10.1. The number of carbonyl (C=O) groups excluding carboxylic acids is 1. The molecule has 0 saturated heterocycles. The van der Waals surface area contributed by atoms with E-state index in [0.29, 0.717) is 17.4 Å². The zero-order chi connectivity index (χ0) is 14.8. The van der Waals surface area contributed by atoms with E-state index in [2.05, 4.69) is 15.2 Å². The molecule has 0 aliphatic heterocycles. The first kappa shape index (κ1) is 13.6. The Kier molecular flexibility index (Phi) is 3.58. The fraction of sp³-hybridized carbons (Fsp3) is 0.133. The van der Waals surface area contributed by atoms with E-state index < -0.39 is 0 Å². The molecule has 6 heteroatoms. The van der Waals surface area contributed by atoms with E-state index >= 15 is 0 Å². The third-order valence-corrected chi connectivity index (χ3v) is 3.52. The number of hydrogen-bond donors (Lipinski definition) is 1. The van der Waals surface area contributed by atoms with Gasteiger partial charge < -0.3 is 4.90 Å². The number of carbonyl (C=O) groups is 1. The van der Waals surface area contributed by atoms with Crippen LogP contribution in [0.4, 0.5) is 0 Å². The summed E-state index contributed by atoms with van der Waals surface area (Å²) >= 11 is 6.16. The second-order valence-electron chi connectivity index (χ2n) is 4.79. The standard InChI is InChI=1S/C15H13ClN4O/c1-20(9-10-7-17-18-8-10)15(21)13-6-11-4-2-3-5-12(11)14(16)19-13/h2-8H,9H2,1H3,(H,17,18). The number of pyridine rings is 1. The number of aromatic nitrogens is 3. The molecule has 0 spiro atoms. The van der Waals surface area contributed by atoms with Crippen molar-refractivity contribution in [2.45, 2.75) is 6.54 Å². The molecule has 0 saturated carbocycles. The fourth-order valence-electron chi connectivity index (χ4n) is 2.17. The van der Waals surface area contributed by atoms with E-state index in [1.165, 1.54) is 0 Å². The Morgan fingerprint density at radius 2 is 2.19 bits per heavy atom. The molecule has 21 heavy (non-hydrogen) atoms. The molecule has 1 amide bonds. The minimum absolute atomic E-state index is 0.177. The first-order chi connectivity index (χ1) is 10.1. The maximum Gasteiger partial charge on any atom is 0.272 e. The Balaban J connectivity index is 1.90. The van der Waals surface area contributed by atoms with Gasteiger partial charge >= 0.3 is 0 Å². The van der Waals surface area contributed by atoms with Gasteiger partial charge in [0.25, 0.3) is 5.91 Å². The average molecular weight is 301 g/mol. The van der Waals surface area contributed by atoms with Crippen molar-refractivity contribution in [3.8, 4) is 0 Å². The van der Waals surface area contributed by atoms with E-state index in [-0.39, 0.29) is 5.91 Å². The third kappa shape index (κ3) is 2.73. The second kappa shape index (κ2) is 5.54. The Labute approximate surface area is 126 Å². The second-order valence-corrected chi connectivity index (χ2v) is 5.15. The molecule has 0 bridgehead atoms. The molecule has 0 aliphatic carbocycles. The molecule has 0 atom stereocenters. The summed E-state index contributed by atoms with van der Waals surface area (Å²) in [6.45, 7) is 0.460. The highest BCUT2D eigenvalue weighted by Crippen LogP contribution is 2.22. The van der Waals surface area contributed by atoms with Crippen molar-refractivity contribution in [1.29, 1.82) is 0 Å². The van der Waals surface area contributed by atoms with Crippen LogP contribution in [0.2, 0.25) is 5.15 Å². The molecule has 1 aromatic carbocycles. The van der Waals surface area contributed by atoms with Crippen LogP contribution in [-0.2, 0) is 6.54 Å². The number of halogens is 1. The van der Waals surface area contributed by atoms with Crippen LogP contribution < -0.4 is 0 Å². The van der Waals surface area contributed by atoms with Gasteiger partial charge in [-0.1, -0.05) is 35.9 Å². The quantitative estimate of drug-likeness (QED) is 0.757. The number of aromatic amines is 1. The lowest BCUT2D eigenvalue weighted by molar-refractivity contribution is 0.0779. The maximum absolute atomic E-state index is 12.4. The monoisotopic (exact) mass is 300 g/mol. The number of hydrogen-bond acceptors (Lipinski definition) is 3. The van der Waals surface area contributed by atoms with Crippen LogP contribution in [-0.4, -0.2) is 33.0 Å². The molecule has 5 nitrogen and oxygen atoms in total. The zero-order valence-corrected chi connectivity index (χ0v) is 12.1. The average Bonchev–Trinajstić information content (AvgIpc) is 2.99. The van der Waals surface area contributed by atoms with Crippen molar-refractivity contribution in [2.24, 2.45) is 0 Å². The zero-order valence-electron chi connectivity index (χ0n) is 11.4. The summed E-state index contributed by atoms with van der Waals surface area (Å²) in [7, 11) is 1.72. The lowest BCUT2D eigenvalue weighted by Crippen LogP contribution is -2.26. The van der Waals surface area contributed by atoms with Gasteiger partial charge in [-0.25, -0.2) is 4.98 Å². The summed E-state index contributed by atoms with van der Waals surface area (Å²) in [5.74, 6) is -0.177. The van der Waals surface area contributed by atoms with E-state index in [4.69, 9.17) is 11.6 Å². The van der Waals surface area contributed by atoms with Crippen molar-refractivity contribution in [1.82, 2.24) is 20.1 Å². The highest BCUT2D eigenvalue weighted by Gasteiger charge is 2.16. The number of H-pyrrole nitrogens is 1. The van der Waals surface area contributed by atoms with Crippen molar-refractivity contribution < 1.29 is 4.79 Å². The van der Waals surface area contributed by atoms with Crippen LogP contribution in [0.1, 0.15) is 16.1 Å². The highest BCUT2D eigenvalue weighted by molar-refractivity contribution is 6.34. The summed E-state index contributed by atoms with van der Waals surface area (Å²) < 4.78 is 0. The van der Waals surface area contributed by atoms with Crippen LogP contribution in [0.15, 0.2) is 42.7 Å². The molecule has 3 aromatic rings. The topological polar surface area (TPSA) is 61.9 Å². The molecule has 3 rings (SSSR count). The summed E-state index contributed by atoms with van der Waals surface area (Å²) in [6.07, 6.45) is 3.44. The predicted molar refractivity (Wildman–Crippen MR) is 81.1 cm³/mol. The van der Waals surface area contributed by atoms with Gasteiger partial charge in [-0.2, -0.15) is 5.10 Å². The Morgan fingerprint density at radius 3 is 2.95 bits per heavy atom. The summed E-state index contributed by atoms with van der Waals surface area (Å²) in [6, 6.07) is 9.35. The van der Waals surface area contributed by atoms with Crippen molar-refractivity contribution in [3.63, 3.8) is 0 Å². The number of rotatable bonds is 3. The molecule has 106 valence electrons. The number of benzene rings is 1. The summed E-state index contributed by atoms with van der Waals surface area (Å²) in [4.78, 5) is 18.2. The first-order valence-corrected chi connectivity index (χ1v) is 6.81. The van der Waals surface area contributed by atoms with Gasteiger partial charge in [-0.15, -0.1) is 0 Å². The van der Waals surface area contributed by atoms with Crippen LogP contribution in [0.5, 0.6) is 0 Å². The molecular weight excluding hydrogens is 288 g/mol. The molecule has 0 aliphatic rings. The molecule has 0 radical (unpaired) electrons. The minimum Gasteiger partial charge on any atom is -0.336 e. The van der Waals surface area contributed by atoms with Gasteiger partial charge in [-0.05, 0) is 11.5 Å². The van der Waals surface area contributed by atoms with Crippen molar-refractivity contribution in [3.05, 3.63) is 59.1 Å². The van der Waals surface area contributed by atoms with E-state index in [9.17, 15) is 4.79 Å². The molecular formula is C15H13ClN4O. The van der Waals surface area contributed by atoms with Gasteiger partial charge in [-0.3, -0.25) is 9.89 Å². The van der Waals surface area contributed by atoms with Crippen molar-refractivity contribution >= 4 is 28.3 Å². The van der Waals surface area contributed by atoms with Crippen LogP contribution in [0.25, 0.3) is 10.8 Å². The molecule has 0 fully saturated rings. The Morgan fingerprint density at radius 1 is 1.38 bits per heavy atom. The van der Waals surface area contributed by atoms with Crippen LogP contribution in [0.3, 0.4) is 0 Å². The largest absolute Gasteiger partial charge is 0.336 e. The summed E-state index contributed by atoms with van der Waals surface area (Å²) in [5, 5.41) is 8.67. The summed E-state index contributed by atoms with van der Waals surface area (Å²) in [5.41, 5.74) is 1.27. The van der Waals surface area contributed by atoms with Gasteiger partial charge in [0.2, 0.25) is 0 Å². The molecule has 0 unspecified atom stereocenters. The number of nitrogens with one attached hydrogen (secondary N) is 1. The lowest BCUT2D eigenvalue weighted by Gasteiger charge is -2.16. The highest BCUT2D eigenvalue weighted by atomic mass is 35.5.